The van der Waals surface area contributed by atoms with E-state index < -0.39 is 0 Å². The lowest BCUT2D eigenvalue weighted by Gasteiger charge is -2.20. The number of likely N-dealkylation sites (tertiary alicyclic amines) is 1. The van der Waals surface area contributed by atoms with Gasteiger partial charge in [-0.2, -0.15) is 5.10 Å². The van der Waals surface area contributed by atoms with Crippen molar-refractivity contribution in [3.05, 3.63) is 18.0 Å². The molecule has 0 aromatic carbocycles. The zero-order valence-electron chi connectivity index (χ0n) is 10.5. The minimum Gasteiger partial charge on any atom is -0.314 e. The lowest BCUT2D eigenvalue weighted by atomic mass is 10.2. The molecule has 0 aliphatic carbocycles. The molecule has 90 valence electrons. The van der Waals surface area contributed by atoms with Gasteiger partial charge in [0.15, 0.2) is 0 Å². The van der Waals surface area contributed by atoms with Crippen molar-refractivity contribution in [3.8, 4) is 0 Å². The van der Waals surface area contributed by atoms with Crippen LogP contribution in [0.25, 0.3) is 0 Å². The summed E-state index contributed by atoms with van der Waals surface area (Å²) >= 11 is 0. The summed E-state index contributed by atoms with van der Waals surface area (Å²) in [6, 6.07) is 3.31. The SMILES string of the molecule is CNCc1ccnn1C1CCN(C(C)C)C1. The van der Waals surface area contributed by atoms with Gasteiger partial charge in [0.1, 0.15) is 0 Å². The van der Waals surface area contributed by atoms with Crippen molar-refractivity contribution in [2.24, 2.45) is 0 Å². The molecule has 4 nitrogen and oxygen atoms in total. The Labute approximate surface area is 97.6 Å². The lowest BCUT2D eigenvalue weighted by molar-refractivity contribution is 0.261. The summed E-state index contributed by atoms with van der Waals surface area (Å²) in [5.41, 5.74) is 1.29. The van der Waals surface area contributed by atoms with E-state index >= 15 is 0 Å². The molecule has 1 aliphatic rings. The summed E-state index contributed by atoms with van der Waals surface area (Å²) in [5.74, 6) is 0. The highest BCUT2D eigenvalue weighted by atomic mass is 15.3. The molecule has 0 amide bonds. The van der Waals surface area contributed by atoms with Gasteiger partial charge in [0.25, 0.3) is 0 Å². The lowest BCUT2D eigenvalue weighted by Crippen LogP contribution is -2.29. The fourth-order valence-electron chi connectivity index (χ4n) is 2.43. The van der Waals surface area contributed by atoms with Crippen molar-refractivity contribution in [1.82, 2.24) is 20.0 Å². The molecule has 1 aromatic rings. The van der Waals surface area contributed by atoms with E-state index in [2.05, 4.69) is 39.9 Å². The van der Waals surface area contributed by atoms with Crippen LogP contribution in [0.1, 0.15) is 32.0 Å². The highest BCUT2D eigenvalue weighted by Crippen LogP contribution is 2.23. The van der Waals surface area contributed by atoms with Gasteiger partial charge in [-0.3, -0.25) is 9.58 Å². The Balaban J connectivity index is 2.05. The highest BCUT2D eigenvalue weighted by molar-refractivity contribution is 5.03. The summed E-state index contributed by atoms with van der Waals surface area (Å²) in [5, 5.41) is 7.65. The predicted octanol–water partition coefficient (Wildman–Crippen LogP) is 1.26. The molecule has 4 heteroatoms. The van der Waals surface area contributed by atoms with Crippen molar-refractivity contribution >= 4 is 0 Å². The van der Waals surface area contributed by atoms with Crippen LogP contribution in [0, 0.1) is 0 Å². The monoisotopic (exact) mass is 222 g/mol. The molecule has 0 radical (unpaired) electrons. The van der Waals surface area contributed by atoms with E-state index in [9.17, 15) is 0 Å². The number of nitrogens with zero attached hydrogens (tertiary/aromatic N) is 3. The number of hydrogen-bond donors (Lipinski definition) is 1. The quantitative estimate of drug-likeness (QED) is 0.832. The third-order valence-electron chi connectivity index (χ3n) is 3.38. The second-order valence-corrected chi connectivity index (χ2v) is 4.83. The van der Waals surface area contributed by atoms with Crippen LogP contribution in [0.2, 0.25) is 0 Å². The Morgan fingerprint density at radius 1 is 1.56 bits per heavy atom. The zero-order chi connectivity index (χ0) is 11.5. The molecule has 1 saturated heterocycles. The molecule has 1 aliphatic heterocycles. The van der Waals surface area contributed by atoms with Gasteiger partial charge in [-0.05, 0) is 33.4 Å². The normalized spacial score (nSPS) is 22.1. The summed E-state index contributed by atoms with van der Waals surface area (Å²) in [6.07, 6.45) is 3.13. The first-order valence-corrected chi connectivity index (χ1v) is 6.13. The molecule has 1 fully saturated rings. The molecule has 0 saturated carbocycles. The third-order valence-corrected chi connectivity index (χ3v) is 3.38. The summed E-state index contributed by atoms with van der Waals surface area (Å²) in [7, 11) is 1.98. The van der Waals surface area contributed by atoms with E-state index in [0.29, 0.717) is 12.1 Å². The van der Waals surface area contributed by atoms with E-state index in [1.165, 1.54) is 18.7 Å². The van der Waals surface area contributed by atoms with Crippen LogP contribution in [0.4, 0.5) is 0 Å². The molecular weight excluding hydrogens is 200 g/mol. The van der Waals surface area contributed by atoms with Gasteiger partial charge in [0.2, 0.25) is 0 Å². The van der Waals surface area contributed by atoms with E-state index in [4.69, 9.17) is 0 Å². The van der Waals surface area contributed by atoms with Gasteiger partial charge in [-0.15, -0.1) is 0 Å². The number of hydrogen-bond acceptors (Lipinski definition) is 3. The van der Waals surface area contributed by atoms with Crippen LogP contribution < -0.4 is 5.32 Å². The van der Waals surface area contributed by atoms with Gasteiger partial charge in [-0.25, -0.2) is 0 Å². The summed E-state index contributed by atoms with van der Waals surface area (Å²) in [4.78, 5) is 2.52. The maximum absolute atomic E-state index is 4.46. The second kappa shape index (κ2) is 4.97. The first-order chi connectivity index (χ1) is 7.72. The number of nitrogens with one attached hydrogen (secondary N) is 1. The zero-order valence-corrected chi connectivity index (χ0v) is 10.5. The van der Waals surface area contributed by atoms with Crippen LogP contribution in [0.5, 0.6) is 0 Å². The van der Waals surface area contributed by atoms with Crippen molar-refractivity contribution in [2.45, 2.75) is 38.9 Å². The van der Waals surface area contributed by atoms with Crippen LogP contribution in [-0.2, 0) is 6.54 Å². The van der Waals surface area contributed by atoms with Crippen molar-refractivity contribution in [2.75, 3.05) is 20.1 Å². The maximum Gasteiger partial charge on any atom is 0.0662 e. The Morgan fingerprint density at radius 3 is 3.00 bits per heavy atom. The average Bonchev–Trinajstić information content (AvgIpc) is 2.84. The molecule has 16 heavy (non-hydrogen) atoms. The van der Waals surface area contributed by atoms with E-state index in [0.717, 1.165) is 13.1 Å². The third kappa shape index (κ3) is 2.28. The Kier molecular flexibility index (Phi) is 3.61. The molecule has 2 heterocycles. The van der Waals surface area contributed by atoms with Crippen molar-refractivity contribution in [1.29, 1.82) is 0 Å². The second-order valence-electron chi connectivity index (χ2n) is 4.83. The van der Waals surface area contributed by atoms with Gasteiger partial charge in [0, 0.05) is 31.9 Å². The van der Waals surface area contributed by atoms with E-state index in [1.54, 1.807) is 0 Å². The largest absolute Gasteiger partial charge is 0.314 e. The Morgan fingerprint density at radius 2 is 2.38 bits per heavy atom. The predicted molar refractivity (Wildman–Crippen MR) is 65.4 cm³/mol. The fourth-order valence-corrected chi connectivity index (χ4v) is 2.43. The summed E-state index contributed by atoms with van der Waals surface area (Å²) in [6.45, 7) is 7.76. The molecule has 0 bridgehead atoms. The van der Waals surface area contributed by atoms with Crippen LogP contribution in [-0.4, -0.2) is 40.9 Å². The minimum absolute atomic E-state index is 0.556. The summed E-state index contributed by atoms with van der Waals surface area (Å²) < 4.78 is 2.19. The van der Waals surface area contributed by atoms with Crippen LogP contribution in [0.3, 0.4) is 0 Å². The number of aromatic nitrogens is 2. The van der Waals surface area contributed by atoms with Gasteiger partial charge >= 0.3 is 0 Å². The molecule has 1 unspecified atom stereocenters. The van der Waals surface area contributed by atoms with E-state index in [-0.39, 0.29) is 0 Å². The first-order valence-electron chi connectivity index (χ1n) is 6.13. The van der Waals surface area contributed by atoms with Crippen LogP contribution in [0.15, 0.2) is 12.3 Å². The molecule has 1 aromatic heterocycles. The van der Waals surface area contributed by atoms with E-state index in [1.807, 2.05) is 13.2 Å². The average molecular weight is 222 g/mol. The fraction of sp³-hybridized carbons (Fsp3) is 0.750. The molecule has 1 atom stereocenters. The maximum atomic E-state index is 4.46. The van der Waals surface area contributed by atoms with Gasteiger partial charge in [0.05, 0.1) is 11.7 Å². The van der Waals surface area contributed by atoms with Gasteiger partial charge < -0.3 is 5.32 Å². The molecule has 0 spiro atoms. The Bertz CT molecular complexity index is 332. The number of rotatable bonds is 4. The van der Waals surface area contributed by atoms with Crippen molar-refractivity contribution in [3.63, 3.8) is 0 Å². The molecular formula is C12H22N4. The highest BCUT2D eigenvalue weighted by Gasteiger charge is 2.26. The van der Waals surface area contributed by atoms with Crippen molar-refractivity contribution < 1.29 is 0 Å². The van der Waals surface area contributed by atoms with Gasteiger partial charge in [-0.1, -0.05) is 0 Å². The standard InChI is InChI=1S/C12H22N4/c1-10(2)15-7-5-12(9-15)16-11(8-13-3)4-6-14-16/h4,6,10,12-13H,5,7-9H2,1-3H3. The Hall–Kier alpha value is -0.870. The topological polar surface area (TPSA) is 33.1 Å². The molecule has 2 rings (SSSR count). The van der Waals surface area contributed by atoms with Crippen LogP contribution >= 0.6 is 0 Å². The smallest absolute Gasteiger partial charge is 0.0662 e. The molecule has 1 N–H and O–H groups in total. The minimum atomic E-state index is 0.556. The first kappa shape index (κ1) is 11.6.